The zero-order valence-corrected chi connectivity index (χ0v) is 23.3. The van der Waals surface area contributed by atoms with Crippen molar-refractivity contribution in [2.45, 2.75) is 52.0 Å². The molecule has 0 aliphatic carbocycles. The number of thiophene rings is 1. The predicted octanol–water partition coefficient (Wildman–Crippen LogP) is 6.06. The fourth-order valence-corrected chi connectivity index (χ4v) is 5.76. The van der Waals surface area contributed by atoms with Crippen LogP contribution in [0.3, 0.4) is 0 Å². The molecule has 0 saturated carbocycles. The Bertz CT molecular complexity index is 1700. The second-order valence-corrected chi connectivity index (χ2v) is 10.8. The normalized spacial score (nSPS) is 11.2. The van der Waals surface area contributed by atoms with Gasteiger partial charge >= 0.3 is 0 Å². The van der Waals surface area contributed by atoms with Crippen molar-refractivity contribution < 1.29 is 19.2 Å². The molecule has 0 saturated heterocycles. The molecule has 3 aromatic heterocycles. The average Bonchev–Trinajstić information content (AvgIpc) is 3.50. The van der Waals surface area contributed by atoms with E-state index in [1.165, 1.54) is 29.8 Å². The number of carbonyl (C=O) groups excluding carboxylic acids is 2. The maximum absolute atomic E-state index is 13.6. The summed E-state index contributed by atoms with van der Waals surface area (Å²) in [7, 11) is 0. The number of aryl methyl sites for hydroxylation is 1. The molecule has 0 unspecified atom stereocenters. The van der Waals surface area contributed by atoms with Gasteiger partial charge in [0.05, 0.1) is 23.6 Å². The Morgan fingerprint density at radius 2 is 1.83 bits per heavy atom. The van der Waals surface area contributed by atoms with Crippen LogP contribution in [0, 0.1) is 12.7 Å². The zero-order valence-electron chi connectivity index (χ0n) is 22.5. The van der Waals surface area contributed by atoms with Crippen molar-refractivity contribution in [1.29, 1.82) is 0 Å². The molecule has 5 rings (SSSR count). The second-order valence-electron chi connectivity index (χ2n) is 9.79. The number of benzene rings is 2. The van der Waals surface area contributed by atoms with Gasteiger partial charge in [-0.15, -0.1) is 0 Å². The van der Waals surface area contributed by atoms with E-state index in [1.54, 1.807) is 17.7 Å². The lowest BCUT2D eigenvalue weighted by Crippen LogP contribution is -2.17. The highest BCUT2D eigenvalue weighted by molar-refractivity contribution is 7.22. The van der Waals surface area contributed by atoms with Gasteiger partial charge in [-0.25, -0.2) is 19.8 Å². The van der Waals surface area contributed by atoms with Crippen LogP contribution in [-0.4, -0.2) is 36.8 Å². The summed E-state index contributed by atoms with van der Waals surface area (Å²) in [6.07, 6.45) is 6.95. The van der Waals surface area contributed by atoms with Crippen molar-refractivity contribution in [2.24, 2.45) is 0 Å². The molecule has 10 nitrogen and oxygen atoms in total. The van der Waals surface area contributed by atoms with E-state index in [4.69, 9.17) is 5.21 Å². The first-order chi connectivity index (χ1) is 19.9. The SMILES string of the molecule is Cc1c(NC(=O)CCCCCCC(=O)NO)sc2ncnc(Nc3ccc4c(cnn4Cc4cccc(F)c4)c3)c12. The summed E-state index contributed by atoms with van der Waals surface area (Å²) in [6.45, 7) is 2.40. The zero-order chi connectivity index (χ0) is 28.8. The molecular formula is C29H30FN7O3S. The molecule has 0 radical (unpaired) electrons. The molecule has 5 aromatic rings. The quantitative estimate of drug-likeness (QED) is 0.0806. The number of rotatable bonds is 12. The maximum Gasteiger partial charge on any atom is 0.243 e. The lowest BCUT2D eigenvalue weighted by molar-refractivity contribution is -0.129. The van der Waals surface area contributed by atoms with Crippen molar-refractivity contribution in [1.82, 2.24) is 25.2 Å². The van der Waals surface area contributed by atoms with Crippen LogP contribution in [0.15, 0.2) is 55.0 Å². The third kappa shape index (κ3) is 6.84. The Balaban J connectivity index is 1.24. The first-order valence-electron chi connectivity index (χ1n) is 13.3. The first-order valence-corrected chi connectivity index (χ1v) is 14.2. The summed E-state index contributed by atoms with van der Waals surface area (Å²) in [4.78, 5) is 33.3. The second kappa shape index (κ2) is 12.8. The van der Waals surface area contributed by atoms with E-state index in [-0.39, 0.29) is 18.1 Å². The number of hydrogen-bond donors (Lipinski definition) is 4. The largest absolute Gasteiger partial charge is 0.340 e. The molecule has 4 N–H and O–H groups in total. The Morgan fingerprint density at radius 1 is 1.02 bits per heavy atom. The van der Waals surface area contributed by atoms with Gasteiger partial charge in [0.2, 0.25) is 11.8 Å². The molecule has 0 fully saturated rings. The molecule has 12 heteroatoms. The molecule has 0 aliphatic heterocycles. The summed E-state index contributed by atoms with van der Waals surface area (Å²) < 4.78 is 15.4. The van der Waals surface area contributed by atoms with Gasteiger partial charge in [-0.05, 0) is 61.2 Å². The van der Waals surface area contributed by atoms with Gasteiger partial charge in [0.15, 0.2) is 0 Å². The molecule has 212 valence electrons. The minimum absolute atomic E-state index is 0.0732. The topological polar surface area (TPSA) is 134 Å². The summed E-state index contributed by atoms with van der Waals surface area (Å²) in [5.74, 6) is -0.0973. The van der Waals surface area contributed by atoms with Crippen LogP contribution in [0.2, 0.25) is 0 Å². The van der Waals surface area contributed by atoms with E-state index in [9.17, 15) is 14.0 Å². The molecule has 2 aromatic carbocycles. The molecule has 0 bridgehead atoms. The van der Waals surface area contributed by atoms with E-state index in [0.29, 0.717) is 31.6 Å². The van der Waals surface area contributed by atoms with E-state index >= 15 is 0 Å². The van der Waals surface area contributed by atoms with Crippen molar-refractivity contribution in [3.63, 3.8) is 0 Å². The number of nitrogens with one attached hydrogen (secondary N) is 3. The summed E-state index contributed by atoms with van der Waals surface area (Å²) >= 11 is 1.41. The van der Waals surface area contributed by atoms with Crippen molar-refractivity contribution in [2.75, 3.05) is 10.6 Å². The van der Waals surface area contributed by atoms with Gasteiger partial charge in [-0.2, -0.15) is 5.10 Å². The number of hydrogen-bond acceptors (Lipinski definition) is 8. The number of nitrogens with zero attached hydrogens (tertiary/aromatic N) is 4. The van der Waals surface area contributed by atoms with Crippen LogP contribution < -0.4 is 16.1 Å². The fraction of sp³-hybridized carbons (Fsp3) is 0.276. The highest BCUT2D eigenvalue weighted by Crippen LogP contribution is 2.38. The van der Waals surface area contributed by atoms with E-state index in [1.807, 2.05) is 35.9 Å². The van der Waals surface area contributed by atoms with Crippen LogP contribution in [0.1, 0.15) is 49.7 Å². The molecule has 3 heterocycles. The number of carbonyl (C=O) groups is 2. The average molecular weight is 576 g/mol. The minimum Gasteiger partial charge on any atom is -0.340 e. The number of anilines is 3. The number of halogens is 1. The fourth-order valence-electron chi connectivity index (χ4n) is 4.69. The Hall–Kier alpha value is -4.42. The number of amides is 2. The van der Waals surface area contributed by atoms with Crippen molar-refractivity contribution in [3.8, 4) is 0 Å². The van der Waals surface area contributed by atoms with Gasteiger partial charge in [0.25, 0.3) is 0 Å². The molecule has 0 aliphatic rings. The molecular weight excluding hydrogens is 545 g/mol. The highest BCUT2D eigenvalue weighted by Gasteiger charge is 2.17. The number of hydroxylamine groups is 1. The van der Waals surface area contributed by atoms with Crippen LogP contribution >= 0.6 is 11.3 Å². The Kier molecular flexibility index (Phi) is 8.80. The molecule has 41 heavy (non-hydrogen) atoms. The third-order valence-electron chi connectivity index (χ3n) is 6.79. The number of unbranched alkanes of at least 4 members (excludes halogenated alkanes) is 3. The Labute approximate surface area is 239 Å². The smallest absolute Gasteiger partial charge is 0.243 e. The van der Waals surface area contributed by atoms with Crippen molar-refractivity contribution >= 4 is 60.8 Å². The van der Waals surface area contributed by atoms with E-state index < -0.39 is 5.91 Å². The molecule has 2 amide bonds. The molecule has 0 spiro atoms. The van der Waals surface area contributed by atoms with Gasteiger partial charge in [0, 0.05) is 23.9 Å². The van der Waals surface area contributed by atoms with Gasteiger partial charge in [0.1, 0.15) is 27.8 Å². The van der Waals surface area contributed by atoms with Crippen LogP contribution in [0.4, 0.5) is 20.9 Å². The third-order valence-corrected chi connectivity index (χ3v) is 7.90. The predicted molar refractivity (Wildman–Crippen MR) is 157 cm³/mol. The summed E-state index contributed by atoms with van der Waals surface area (Å²) in [5, 5.41) is 21.9. The maximum atomic E-state index is 13.6. The van der Waals surface area contributed by atoms with Crippen LogP contribution in [-0.2, 0) is 16.1 Å². The van der Waals surface area contributed by atoms with Crippen molar-refractivity contribution in [3.05, 3.63) is 71.9 Å². The van der Waals surface area contributed by atoms with Gasteiger partial charge < -0.3 is 10.6 Å². The van der Waals surface area contributed by atoms with Crippen LogP contribution in [0.5, 0.6) is 0 Å². The summed E-state index contributed by atoms with van der Waals surface area (Å²) in [6, 6.07) is 12.4. The summed E-state index contributed by atoms with van der Waals surface area (Å²) in [5.41, 5.74) is 5.11. The lowest BCUT2D eigenvalue weighted by atomic mass is 10.1. The first kappa shape index (κ1) is 28.1. The highest BCUT2D eigenvalue weighted by atomic mass is 32.1. The number of aromatic nitrogens is 4. The van der Waals surface area contributed by atoms with Gasteiger partial charge in [-0.1, -0.05) is 36.3 Å². The Morgan fingerprint density at radius 3 is 2.61 bits per heavy atom. The monoisotopic (exact) mass is 575 g/mol. The van der Waals surface area contributed by atoms with E-state index in [0.717, 1.165) is 55.8 Å². The van der Waals surface area contributed by atoms with E-state index in [2.05, 4.69) is 25.7 Å². The lowest BCUT2D eigenvalue weighted by Gasteiger charge is -2.09. The minimum atomic E-state index is -0.394. The molecule has 0 atom stereocenters. The standard InChI is InChI=1S/C29H30FN7O3S/c1-18-26-27(31-17-32-29(26)41-28(18)35-24(38)9-4-2-3-5-10-25(39)36-40)34-22-11-12-23-20(14-22)15-33-37(23)16-19-7-6-8-21(30)13-19/h6-8,11-15,17,40H,2-5,9-10,16H2,1H3,(H,35,38)(H,36,39)(H,31,32,34). The van der Waals surface area contributed by atoms with Crippen LogP contribution in [0.25, 0.3) is 21.1 Å². The number of fused-ring (bicyclic) bond motifs is 2. The van der Waals surface area contributed by atoms with Gasteiger partial charge in [-0.3, -0.25) is 19.5 Å².